The van der Waals surface area contributed by atoms with Crippen molar-refractivity contribution >= 4 is 21.6 Å². The Morgan fingerprint density at radius 2 is 1.75 bits per heavy atom. The van der Waals surface area contributed by atoms with Gasteiger partial charge in [0.05, 0.1) is 4.90 Å². The third-order valence-corrected chi connectivity index (χ3v) is 7.39. The summed E-state index contributed by atoms with van der Waals surface area (Å²) in [5.41, 5.74) is 3.35. The zero-order valence-corrected chi connectivity index (χ0v) is 17.6. The largest absolute Gasteiger partial charge is 0.321 e. The summed E-state index contributed by atoms with van der Waals surface area (Å²) in [6.07, 6.45) is 2.59. The Balaban J connectivity index is 1.76. The fourth-order valence-corrected chi connectivity index (χ4v) is 5.01. The third-order valence-electron chi connectivity index (χ3n) is 5.48. The summed E-state index contributed by atoms with van der Waals surface area (Å²) in [6, 6.07) is 12.2. The number of hydrogen-bond acceptors (Lipinski definition) is 3. The van der Waals surface area contributed by atoms with Crippen LogP contribution in [0.3, 0.4) is 0 Å². The number of hydrogen-bond donors (Lipinski definition) is 1. The molecule has 1 aliphatic rings. The van der Waals surface area contributed by atoms with Crippen molar-refractivity contribution in [3.63, 3.8) is 0 Å². The number of para-hydroxylation sites is 1. The van der Waals surface area contributed by atoms with Gasteiger partial charge in [-0.3, -0.25) is 4.79 Å². The average molecular weight is 401 g/mol. The molecule has 0 bridgehead atoms. The maximum absolute atomic E-state index is 12.8. The van der Waals surface area contributed by atoms with Gasteiger partial charge in [-0.1, -0.05) is 32.0 Å². The van der Waals surface area contributed by atoms with Gasteiger partial charge in [0.2, 0.25) is 10.0 Å². The predicted molar refractivity (Wildman–Crippen MR) is 112 cm³/mol. The van der Waals surface area contributed by atoms with Gasteiger partial charge in [-0.15, -0.1) is 0 Å². The second-order valence-corrected chi connectivity index (χ2v) is 9.47. The minimum absolute atomic E-state index is 0.236. The van der Waals surface area contributed by atoms with E-state index < -0.39 is 10.0 Å². The number of aryl methyl sites for hydroxylation is 2. The second kappa shape index (κ2) is 8.45. The summed E-state index contributed by atoms with van der Waals surface area (Å²) in [7, 11) is -3.50. The van der Waals surface area contributed by atoms with E-state index in [1.54, 1.807) is 16.4 Å². The van der Waals surface area contributed by atoms with Crippen LogP contribution in [0, 0.1) is 12.8 Å². The van der Waals surface area contributed by atoms with Crippen LogP contribution in [0.1, 0.15) is 48.2 Å². The molecule has 0 atom stereocenters. The minimum atomic E-state index is -3.50. The van der Waals surface area contributed by atoms with Crippen molar-refractivity contribution in [3.05, 3.63) is 59.2 Å². The Hall–Kier alpha value is -2.18. The Morgan fingerprint density at radius 1 is 1.11 bits per heavy atom. The number of carbonyl (C=O) groups is 1. The summed E-state index contributed by atoms with van der Waals surface area (Å²) in [4.78, 5) is 12.9. The first-order valence-corrected chi connectivity index (χ1v) is 11.3. The highest BCUT2D eigenvalue weighted by Gasteiger charge is 2.28. The van der Waals surface area contributed by atoms with Crippen LogP contribution >= 0.6 is 0 Å². The second-order valence-electron chi connectivity index (χ2n) is 7.53. The maximum atomic E-state index is 12.8. The molecule has 1 heterocycles. The van der Waals surface area contributed by atoms with Gasteiger partial charge in [0, 0.05) is 24.3 Å². The molecule has 1 amide bonds. The molecule has 28 heavy (non-hydrogen) atoms. The Morgan fingerprint density at radius 3 is 2.36 bits per heavy atom. The predicted octanol–water partition coefficient (Wildman–Crippen LogP) is 4.23. The number of carbonyl (C=O) groups excluding carboxylic acids is 1. The summed E-state index contributed by atoms with van der Waals surface area (Å²) in [5.74, 6) is 0.326. The molecule has 1 aliphatic heterocycles. The Labute approximate surface area is 167 Å². The normalized spacial score (nSPS) is 16.1. The number of amides is 1. The van der Waals surface area contributed by atoms with Crippen molar-refractivity contribution in [3.8, 4) is 0 Å². The molecule has 5 nitrogen and oxygen atoms in total. The van der Waals surface area contributed by atoms with E-state index >= 15 is 0 Å². The molecule has 0 unspecified atom stereocenters. The minimum Gasteiger partial charge on any atom is -0.321 e. The lowest BCUT2D eigenvalue weighted by atomic mass is 10.0. The number of piperidine rings is 1. The van der Waals surface area contributed by atoms with Crippen LogP contribution in [-0.4, -0.2) is 31.7 Å². The molecule has 2 aromatic rings. The van der Waals surface area contributed by atoms with Gasteiger partial charge in [-0.25, -0.2) is 8.42 Å². The molecule has 0 radical (unpaired) electrons. The quantitative estimate of drug-likeness (QED) is 0.817. The van der Waals surface area contributed by atoms with E-state index in [0.29, 0.717) is 24.6 Å². The number of benzene rings is 2. The van der Waals surface area contributed by atoms with E-state index in [9.17, 15) is 13.2 Å². The number of nitrogens with zero attached hydrogens (tertiary/aromatic N) is 1. The summed E-state index contributed by atoms with van der Waals surface area (Å²) < 4.78 is 27.2. The first-order valence-electron chi connectivity index (χ1n) is 9.83. The SMILES string of the molecule is CCc1cccc(C)c1NC(=O)c1ccc(S(=O)(=O)N2CCC(C)CC2)cc1. The number of anilines is 1. The van der Waals surface area contributed by atoms with Crippen LogP contribution in [0.15, 0.2) is 47.4 Å². The molecule has 1 N–H and O–H groups in total. The summed E-state index contributed by atoms with van der Waals surface area (Å²) in [5, 5.41) is 2.97. The van der Waals surface area contributed by atoms with Crippen molar-refractivity contribution in [2.45, 2.75) is 44.9 Å². The first kappa shape index (κ1) is 20.6. The first-order chi connectivity index (χ1) is 13.3. The molecule has 6 heteroatoms. The summed E-state index contributed by atoms with van der Waals surface area (Å²) >= 11 is 0. The topological polar surface area (TPSA) is 66.5 Å². The van der Waals surface area contributed by atoms with Gasteiger partial charge < -0.3 is 5.32 Å². The number of rotatable bonds is 5. The Bertz CT molecular complexity index is 944. The van der Waals surface area contributed by atoms with Gasteiger partial charge in [0.1, 0.15) is 0 Å². The van der Waals surface area contributed by atoms with Gasteiger partial charge >= 0.3 is 0 Å². The fourth-order valence-electron chi connectivity index (χ4n) is 3.54. The van der Waals surface area contributed by atoms with E-state index in [1.165, 1.54) is 12.1 Å². The van der Waals surface area contributed by atoms with Crippen molar-refractivity contribution < 1.29 is 13.2 Å². The van der Waals surface area contributed by atoms with Crippen molar-refractivity contribution in [2.24, 2.45) is 5.92 Å². The molecule has 0 saturated carbocycles. The summed E-state index contributed by atoms with van der Waals surface area (Å²) in [6.45, 7) is 7.27. The van der Waals surface area contributed by atoms with E-state index in [0.717, 1.165) is 36.1 Å². The monoisotopic (exact) mass is 400 g/mol. The molecular formula is C22H28N2O3S. The highest BCUT2D eigenvalue weighted by Crippen LogP contribution is 2.25. The zero-order chi connectivity index (χ0) is 20.3. The van der Waals surface area contributed by atoms with Crippen LogP contribution in [0.4, 0.5) is 5.69 Å². The highest BCUT2D eigenvalue weighted by molar-refractivity contribution is 7.89. The standard InChI is InChI=1S/C22H28N2O3S/c1-4-18-7-5-6-17(3)21(18)23-22(25)19-8-10-20(11-9-19)28(26,27)24-14-12-16(2)13-15-24/h5-11,16H,4,12-15H2,1-3H3,(H,23,25). The highest BCUT2D eigenvalue weighted by atomic mass is 32.2. The van der Waals surface area contributed by atoms with Crippen LogP contribution in [0.25, 0.3) is 0 Å². The fraction of sp³-hybridized carbons (Fsp3) is 0.409. The van der Waals surface area contributed by atoms with Gasteiger partial charge in [-0.2, -0.15) is 4.31 Å². The van der Waals surface area contributed by atoms with Gasteiger partial charge in [0.15, 0.2) is 0 Å². The van der Waals surface area contributed by atoms with Crippen LogP contribution in [-0.2, 0) is 16.4 Å². The van der Waals surface area contributed by atoms with Gasteiger partial charge in [-0.05, 0) is 67.5 Å². The van der Waals surface area contributed by atoms with E-state index in [2.05, 4.69) is 12.2 Å². The number of sulfonamides is 1. The molecule has 1 fully saturated rings. The van der Waals surface area contributed by atoms with Crippen molar-refractivity contribution in [2.75, 3.05) is 18.4 Å². The van der Waals surface area contributed by atoms with Crippen LogP contribution < -0.4 is 5.32 Å². The molecular weight excluding hydrogens is 372 g/mol. The van der Waals surface area contributed by atoms with Crippen LogP contribution in [0.5, 0.6) is 0 Å². The lowest BCUT2D eigenvalue weighted by Crippen LogP contribution is -2.37. The molecule has 0 aliphatic carbocycles. The average Bonchev–Trinajstić information content (AvgIpc) is 2.70. The third kappa shape index (κ3) is 4.28. The zero-order valence-electron chi connectivity index (χ0n) is 16.7. The van der Waals surface area contributed by atoms with Crippen LogP contribution in [0.2, 0.25) is 0 Å². The molecule has 3 rings (SSSR count). The molecule has 150 valence electrons. The smallest absolute Gasteiger partial charge is 0.255 e. The number of nitrogens with one attached hydrogen (secondary N) is 1. The Kier molecular flexibility index (Phi) is 6.20. The lowest BCUT2D eigenvalue weighted by molar-refractivity contribution is 0.102. The van der Waals surface area contributed by atoms with E-state index in [-0.39, 0.29) is 10.8 Å². The lowest BCUT2D eigenvalue weighted by Gasteiger charge is -2.29. The van der Waals surface area contributed by atoms with Crippen molar-refractivity contribution in [1.82, 2.24) is 4.31 Å². The van der Waals surface area contributed by atoms with Gasteiger partial charge in [0.25, 0.3) is 5.91 Å². The molecule has 0 aromatic heterocycles. The molecule has 2 aromatic carbocycles. The van der Waals surface area contributed by atoms with Crippen molar-refractivity contribution in [1.29, 1.82) is 0 Å². The maximum Gasteiger partial charge on any atom is 0.255 e. The molecule has 1 saturated heterocycles. The van der Waals surface area contributed by atoms with E-state index in [1.807, 2.05) is 32.0 Å². The van der Waals surface area contributed by atoms with E-state index in [4.69, 9.17) is 0 Å². The molecule has 0 spiro atoms.